The number of amides is 1. The number of halogens is 3. The van der Waals surface area contributed by atoms with Crippen LogP contribution in [0, 0.1) is 25.5 Å². The Labute approximate surface area is 129 Å². The maximum absolute atomic E-state index is 13.7. The molecule has 0 spiro atoms. The van der Waals surface area contributed by atoms with Crippen molar-refractivity contribution in [3.63, 3.8) is 0 Å². The molecule has 6 heteroatoms. The summed E-state index contributed by atoms with van der Waals surface area (Å²) in [7, 11) is 0. The average molecular weight is 355 g/mol. The van der Waals surface area contributed by atoms with Gasteiger partial charge >= 0.3 is 0 Å². The van der Waals surface area contributed by atoms with Crippen LogP contribution in [0.25, 0.3) is 0 Å². The van der Waals surface area contributed by atoms with E-state index in [-0.39, 0.29) is 11.1 Å². The third-order valence-electron chi connectivity index (χ3n) is 3.10. The van der Waals surface area contributed by atoms with E-state index in [1.54, 1.807) is 12.1 Å². The van der Waals surface area contributed by atoms with Crippen LogP contribution in [-0.2, 0) is 0 Å². The van der Waals surface area contributed by atoms with Crippen molar-refractivity contribution in [2.45, 2.75) is 13.8 Å². The van der Waals surface area contributed by atoms with Crippen LogP contribution in [0.3, 0.4) is 0 Å². The fraction of sp³-hybridized carbons (Fsp3) is 0.133. The largest absolute Gasteiger partial charge is 0.398 e. The van der Waals surface area contributed by atoms with E-state index in [4.69, 9.17) is 5.73 Å². The summed E-state index contributed by atoms with van der Waals surface area (Å²) in [6.45, 7) is 3.29. The van der Waals surface area contributed by atoms with Gasteiger partial charge in [0.2, 0.25) is 0 Å². The molecule has 2 rings (SSSR count). The van der Waals surface area contributed by atoms with Crippen molar-refractivity contribution in [1.82, 2.24) is 0 Å². The highest BCUT2D eigenvalue weighted by Gasteiger charge is 2.16. The Kier molecular flexibility index (Phi) is 4.27. The predicted molar refractivity (Wildman–Crippen MR) is 82.3 cm³/mol. The molecule has 110 valence electrons. The summed E-state index contributed by atoms with van der Waals surface area (Å²) in [6.07, 6.45) is 0. The highest BCUT2D eigenvalue weighted by Crippen LogP contribution is 2.28. The molecule has 0 aliphatic rings. The molecule has 0 saturated carbocycles. The van der Waals surface area contributed by atoms with Crippen molar-refractivity contribution >= 4 is 33.2 Å². The van der Waals surface area contributed by atoms with Gasteiger partial charge in [-0.05, 0) is 59.1 Å². The number of anilines is 2. The van der Waals surface area contributed by atoms with Gasteiger partial charge in [-0.1, -0.05) is 0 Å². The van der Waals surface area contributed by atoms with E-state index in [0.29, 0.717) is 21.9 Å². The molecule has 0 fully saturated rings. The predicted octanol–water partition coefficient (Wildman–Crippen LogP) is 4.18. The molecule has 0 saturated heterocycles. The van der Waals surface area contributed by atoms with Crippen molar-refractivity contribution < 1.29 is 13.6 Å². The second-order valence-electron chi connectivity index (χ2n) is 4.72. The molecule has 0 atom stereocenters. The topological polar surface area (TPSA) is 55.1 Å². The van der Waals surface area contributed by atoms with Gasteiger partial charge in [-0.3, -0.25) is 4.79 Å². The van der Waals surface area contributed by atoms with Gasteiger partial charge in [-0.15, -0.1) is 0 Å². The lowest BCUT2D eigenvalue weighted by Gasteiger charge is -2.11. The number of carbonyl (C=O) groups excluding carboxylic acids is 1. The zero-order valence-corrected chi connectivity index (χ0v) is 13.0. The van der Waals surface area contributed by atoms with E-state index in [2.05, 4.69) is 21.2 Å². The molecule has 3 nitrogen and oxygen atoms in total. The molecule has 2 aromatic carbocycles. The zero-order chi connectivity index (χ0) is 15.7. The minimum Gasteiger partial charge on any atom is -0.398 e. The molecule has 21 heavy (non-hydrogen) atoms. The van der Waals surface area contributed by atoms with Gasteiger partial charge in [0.1, 0.15) is 11.6 Å². The van der Waals surface area contributed by atoms with E-state index in [1.807, 2.05) is 6.92 Å². The van der Waals surface area contributed by atoms with Crippen molar-refractivity contribution in [1.29, 1.82) is 0 Å². The quantitative estimate of drug-likeness (QED) is 0.794. The average Bonchev–Trinajstić information content (AvgIpc) is 2.40. The first-order chi connectivity index (χ1) is 9.79. The van der Waals surface area contributed by atoms with Crippen LogP contribution >= 0.6 is 15.9 Å². The summed E-state index contributed by atoms with van der Waals surface area (Å²) in [6, 6.07) is 5.19. The SMILES string of the molecule is Cc1cc(Br)c(NC(=O)c2cc(C)c(F)cc2F)cc1N. The van der Waals surface area contributed by atoms with Crippen LogP contribution in [0.4, 0.5) is 20.2 Å². The normalized spacial score (nSPS) is 10.5. The van der Waals surface area contributed by atoms with Gasteiger partial charge in [0, 0.05) is 16.2 Å². The van der Waals surface area contributed by atoms with Crippen LogP contribution in [-0.4, -0.2) is 5.91 Å². The monoisotopic (exact) mass is 354 g/mol. The lowest BCUT2D eigenvalue weighted by molar-refractivity contribution is 0.102. The standard InChI is InChI=1S/C15H13BrF2N2O/c1-7-3-9(12(18)5-11(7)17)15(21)20-14-6-13(19)8(2)4-10(14)16/h3-6H,19H2,1-2H3,(H,20,21). The number of nitrogen functional groups attached to an aromatic ring is 1. The Bertz CT molecular complexity index is 732. The number of carbonyl (C=O) groups is 1. The molecule has 0 heterocycles. The number of nitrogens with two attached hydrogens (primary N) is 1. The van der Waals surface area contributed by atoms with Crippen LogP contribution < -0.4 is 11.1 Å². The second kappa shape index (κ2) is 5.81. The van der Waals surface area contributed by atoms with Gasteiger partial charge in [-0.25, -0.2) is 8.78 Å². The number of aryl methyl sites for hydroxylation is 2. The summed E-state index contributed by atoms with van der Waals surface area (Å²) < 4.78 is 27.5. The highest BCUT2D eigenvalue weighted by atomic mass is 79.9. The summed E-state index contributed by atoms with van der Waals surface area (Å²) >= 11 is 3.30. The third-order valence-corrected chi connectivity index (χ3v) is 3.75. The molecular weight excluding hydrogens is 342 g/mol. The van der Waals surface area contributed by atoms with Gasteiger partial charge < -0.3 is 11.1 Å². The van der Waals surface area contributed by atoms with Crippen LogP contribution in [0.2, 0.25) is 0 Å². The van der Waals surface area contributed by atoms with Gasteiger partial charge in [0.05, 0.1) is 11.3 Å². The smallest absolute Gasteiger partial charge is 0.258 e. The zero-order valence-electron chi connectivity index (χ0n) is 11.4. The molecule has 3 N–H and O–H groups in total. The molecule has 0 unspecified atom stereocenters. The van der Waals surface area contributed by atoms with E-state index in [0.717, 1.165) is 5.56 Å². The summed E-state index contributed by atoms with van der Waals surface area (Å²) in [5.41, 5.74) is 7.53. The Morgan fingerprint density at radius 1 is 1.10 bits per heavy atom. The molecule has 0 aliphatic heterocycles. The van der Waals surface area contributed by atoms with Crippen LogP contribution in [0.5, 0.6) is 0 Å². The number of nitrogens with one attached hydrogen (secondary N) is 1. The number of hydrogen-bond acceptors (Lipinski definition) is 2. The van der Waals surface area contributed by atoms with Crippen molar-refractivity contribution in [2.24, 2.45) is 0 Å². The first-order valence-electron chi connectivity index (χ1n) is 6.12. The van der Waals surface area contributed by atoms with Gasteiger partial charge in [0.25, 0.3) is 5.91 Å². The molecule has 2 aromatic rings. The maximum atomic E-state index is 13.7. The minimum absolute atomic E-state index is 0.198. The van der Waals surface area contributed by atoms with Gasteiger partial charge in [0.15, 0.2) is 0 Å². The Balaban J connectivity index is 2.35. The summed E-state index contributed by atoms with van der Waals surface area (Å²) in [5, 5.41) is 2.55. The first-order valence-corrected chi connectivity index (χ1v) is 6.91. The Morgan fingerprint density at radius 2 is 1.76 bits per heavy atom. The Hall–Kier alpha value is -1.95. The number of hydrogen-bond donors (Lipinski definition) is 2. The lowest BCUT2D eigenvalue weighted by atomic mass is 10.1. The summed E-state index contributed by atoms with van der Waals surface area (Å²) in [4.78, 5) is 12.1. The second-order valence-corrected chi connectivity index (χ2v) is 5.58. The van der Waals surface area contributed by atoms with Crippen molar-refractivity contribution in [2.75, 3.05) is 11.1 Å². The maximum Gasteiger partial charge on any atom is 0.258 e. The van der Waals surface area contributed by atoms with Gasteiger partial charge in [-0.2, -0.15) is 0 Å². The molecule has 0 bridgehead atoms. The van der Waals surface area contributed by atoms with Crippen LogP contribution in [0.1, 0.15) is 21.5 Å². The third kappa shape index (κ3) is 3.21. The van der Waals surface area contributed by atoms with E-state index in [1.165, 1.54) is 13.0 Å². The van der Waals surface area contributed by atoms with E-state index >= 15 is 0 Å². The van der Waals surface area contributed by atoms with Crippen molar-refractivity contribution in [3.05, 3.63) is 57.1 Å². The van der Waals surface area contributed by atoms with E-state index in [9.17, 15) is 13.6 Å². The molecule has 0 aromatic heterocycles. The minimum atomic E-state index is -0.910. The number of benzene rings is 2. The fourth-order valence-corrected chi connectivity index (χ4v) is 2.36. The van der Waals surface area contributed by atoms with Crippen LogP contribution in [0.15, 0.2) is 28.7 Å². The molecule has 1 amide bonds. The lowest BCUT2D eigenvalue weighted by Crippen LogP contribution is -2.15. The highest BCUT2D eigenvalue weighted by molar-refractivity contribution is 9.10. The van der Waals surface area contributed by atoms with E-state index < -0.39 is 17.5 Å². The molecule has 0 radical (unpaired) electrons. The molecular formula is C15H13BrF2N2O. The summed E-state index contributed by atoms with van der Waals surface area (Å²) in [5.74, 6) is -2.27. The number of rotatable bonds is 2. The fourth-order valence-electron chi connectivity index (χ4n) is 1.81. The van der Waals surface area contributed by atoms with Crippen molar-refractivity contribution in [3.8, 4) is 0 Å². The Morgan fingerprint density at radius 3 is 2.43 bits per heavy atom. The molecule has 0 aliphatic carbocycles. The first kappa shape index (κ1) is 15.4.